The van der Waals surface area contributed by atoms with Gasteiger partial charge in [0.25, 0.3) is 0 Å². The molecule has 0 saturated carbocycles. The van der Waals surface area contributed by atoms with E-state index in [2.05, 4.69) is 132 Å². The number of aryl methyl sites for hydroxylation is 4. The lowest BCUT2D eigenvalue weighted by Gasteiger charge is -2.41. The van der Waals surface area contributed by atoms with Crippen molar-refractivity contribution in [1.82, 2.24) is 0 Å². The standard InChI is InChI=1S/C35H37N/c1-8-9-15-30-27(7)32-16-22(2)17-34(36(32)33-21-24(4)23(3)20-31(30)33)35-25(5)18-29(19-26(35)6)28-13-11-10-12-14-28/h9-22H,8H2,1-7H3. The summed E-state index contributed by atoms with van der Waals surface area (Å²) in [5.41, 5.74) is 17.1. The van der Waals surface area contributed by atoms with Crippen molar-refractivity contribution in [2.24, 2.45) is 5.92 Å². The van der Waals surface area contributed by atoms with Crippen molar-refractivity contribution in [2.75, 3.05) is 4.90 Å². The molecule has 1 nitrogen and oxygen atoms in total. The predicted octanol–water partition coefficient (Wildman–Crippen LogP) is 9.72. The van der Waals surface area contributed by atoms with Gasteiger partial charge in [-0.2, -0.15) is 0 Å². The number of allylic oxidation sites excluding steroid dienone is 6. The molecular formula is C35H37N. The Morgan fingerprint density at radius 3 is 2.06 bits per heavy atom. The quantitative estimate of drug-likeness (QED) is 0.366. The summed E-state index contributed by atoms with van der Waals surface area (Å²) in [5.74, 6) is 0.360. The molecular weight excluding hydrogens is 434 g/mol. The molecule has 182 valence electrons. The lowest BCUT2D eigenvalue weighted by atomic mass is 9.83. The van der Waals surface area contributed by atoms with Crippen LogP contribution in [0.15, 0.2) is 90.2 Å². The highest BCUT2D eigenvalue weighted by atomic mass is 15.2. The molecule has 0 bridgehead atoms. The molecule has 2 heterocycles. The maximum Gasteiger partial charge on any atom is 0.0543 e. The first kappa shape index (κ1) is 24.1. The monoisotopic (exact) mass is 471 g/mol. The predicted molar refractivity (Wildman–Crippen MR) is 157 cm³/mol. The van der Waals surface area contributed by atoms with E-state index in [1.165, 1.54) is 72.7 Å². The van der Waals surface area contributed by atoms with Crippen LogP contribution in [-0.2, 0) is 0 Å². The van der Waals surface area contributed by atoms with Crippen LogP contribution in [0.4, 0.5) is 5.69 Å². The summed E-state index contributed by atoms with van der Waals surface area (Å²) in [6.07, 6.45) is 10.5. The van der Waals surface area contributed by atoms with Gasteiger partial charge in [0.05, 0.1) is 11.4 Å². The Kier molecular flexibility index (Phi) is 6.35. The van der Waals surface area contributed by atoms with Crippen molar-refractivity contribution in [2.45, 2.75) is 54.9 Å². The van der Waals surface area contributed by atoms with Crippen LogP contribution in [0, 0.1) is 33.6 Å². The summed E-state index contributed by atoms with van der Waals surface area (Å²) in [6, 6.07) is 20.2. The molecule has 3 aromatic rings. The van der Waals surface area contributed by atoms with Crippen LogP contribution in [-0.4, -0.2) is 0 Å². The second-order valence-electron chi connectivity index (χ2n) is 10.5. The van der Waals surface area contributed by atoms with Crippen LogP contribution >= 0.6 is 0 Å². The van der Waals surface area contributed by atoms with Crippen molar-refractivity contribution >= 4 is 17.0 Å². The molecule has 5 rings (SSSR count). The minimum atomic E-state index is 0.360. The summed E-state index contributed by atoms with van der Waals surface area (Å²) in [4.78, 5) is 2.53. The normalized spacial score (nSPS) is 17.2. The highest BCUT2D eigenvalue weighted by molar-refractivity contribution is 6.00. The van der Waals surface area contributed by atoms with Crippen LogP contribution in [0.25, 0.3) is 22.4 Å². The SMILES string of the molecule is CCC=CC1=C(C)C2=CC(C)C=C(c3c(C)cc(-c4ccccc4)cc3C)N2c2cc(C)c(C)cc21. The van der Waals surface area contributed by atoms with Crippen molar-refractivity contribution in [3.05, 3.63) is 124 Å². The molecule has 0 spiro atoms. The molecule has 0 saturated heterocycles. The van der Waals surface area contributed by atoms with Gasteiger partial charge in [-0.3, -0.25) is 0 Å². The molecule has 36 heavy (non-hydrogen) atoms. The number of hydrogen-bond acceptors (Lipinski definition) is 1. The number of hydrogen-bond donors (Lipinski definition) is 0. The van der Waals surface area contributed by atoms with E-state index in [1.54, 1.807) is 0 Å². The van der Waals surface area contributed by atoms with Crippen molar-refractivity contribution in [1.29, 1.82) is 0 Å². The molecule has 3 aromatic carbocycles. The first-order valence-corrected chi connectivity index (χ1v) is 13.2. The van der Waals surface area contributed by atoms with E-state index in [1.807, 2.05) is 0 Å². The molecule has 0 radical (unpaired) electrons. The molecule has 1 heteroatoms. The van der Waals surface area contributed by atoms with Crippen LogP contribution in [0.1, 0.15) is 60.6 Å². The maximum atomic E-state index is 2.53. The Morgan fingerprint density at radius 2 is 1.39 bits per heavy atom. The lowest BCUT2D eigenvalue weighted by Crippen LogP contribution is -2.30. The fraction of sp³-hybridized carbons (Fsp3) is 0.257. The van der Waals surface area contributed by atoms with E-state index in [0.717, 1.165) is 6.42 Å². The average Bonchev–Trinajstić information content (AvgIpc) is 2.85. The molecule has 0 aliphatic carbocycles. The fourth-order valence-corrected chi connectivity index (χ4v) is 5.73. The van der Waals surface area contributed by atoms with Gasteiger partial charge in [-0.1, -0.05) is 80.6 Å². The van der Waals surface area contributed by atoms with E-state index in [0.29, 0.717) is 5.92 Å². The second kappa shape index (κ2) is 9.47. The third-order valence-corrected chi connectivity index (χ3v) is 7.67. The van der Waals surface area contributed by atoms with Gasteiger partial charge in [0.15, 0.2) is 0 Å². The fourth-order valence-electron chi connectivity index (χ4n) is 5.73. The summed E-state index contributed by atoms with van der Waals surface area (Å²) in [7, 11) is 0. The van der Waals surface area contributed by atoms with Gasteiger partial charge in [-0.05, 0) is 104 Å². The Bertz CT molecular complexity index is 1440. The van der Waals surface area contributed by atoms with E-state index in [4.69, 9.17) is 0 Å². The largest absolute Gasteiger partial charge is 0.310 e. The van der Waals surface area contributed by atoms with Gasteiger partial charge in [0.2, 0.25) is 0 Å². The molecule has 0 aromatic heterocycles. The molecule has 1 atom stereocenters. The Morgan fingerprint density at radius 1 is 0.750 bits per heavy atom. The number of rotatable bonds is 4. The molecule has 2 aliphatic heterocycles. The van der Waals surface area contributed by atoms with Gasteiger partial charge >= 0.3 is 0 Å². The van der Waals surface area contributed by atoms with E-state index >= 15 is 0 Å². The lowest BCUT2D eigenvalue weighted by molar-refractivity contribution is 0.887. The van der Waals surface area contributed by atoms with E-state index < -0.39 is 0 Å². The highest BCUT2D eigenvalue weighted by Gasteiger charge is 2.33. The molecule has 1 unspecified atom stereocenters. The van der Waals surface area contributed by atoms with Gasteiger partial charge < -0.3 is 4.90 Å². The zero-order chi connectivity index (χ0) is 25.6. The molecule has 2 aliphatic rings. The summed E-state index contributed by atoms with van der Waals surface area (Å²) in [6.45, 7) is 15.8. The van der Waals surface area contributed by atoms with Gasteiger partial charge in [0.1, 0.15) is 0 Å². The van der Waals surface area contributed by atoms with E-state index in [9.17, 15) is 0 Å². The third-order valence-electron chi connectivity index (χ3n) is 7.67. The van der Waals surface area contributed by atoms with E-state index in [-0.39, 0.29) is 0 Å². The van der Waals surface area contributed by atoms with Crippen molar-refractivity contribution in [3.63, 3.8) is 0 Å². The second-order valence-corrected chi connectivity index (χ2v) is 10.5. The van der Waals surface area contributed by atoms with Gasteiger partial charge in [-0.15, -0.1) is 0 Å². The first-order chi connectivity index (χ1) is 17.3. The van der Waals surface area contributed by atoms with Crippen LogP contribution in [0.2, 0.25) is 0 Å². The zero-order valence-electron chi connectivity index (χ0n) is 22.7. The van der Waals surface area contributed by atoms with Crippen LogP contribution in [0.5, 0.6) is 0 Å². The van der Waals surface area contributed by atoms with Crippen LogP contribution < -0.4 is 4.90 Å². The highest BCUT2D eigenvalue weighted by Crippen LogP contribution is 2.49. The molecule has 0 fully saturated rings. The minimum absolute atomic E-state index is 0.360. The Hall–Kier alpha value is -3.58. The maximum absolute atomic E-state index is 2.53. The molecule has 0 amide bonds. The number of nitrogens with zero attached hydrogens (tertiary/aromatic N) is 1. The van der Waals surface area contributed by atoms with Crippen LogP contribution in [0.3, 0.4) is 0 Å². The summed E-state index contributed by atoms with van der Waals surface area (Å²) < 4.78 is 0. The van der Waals surface area contributed by atoms with Crippen molar-refractivity contribution in [3.8, 4) is 11.1 Å². The Balaban J connectivity index is 1.72. The topological polar surface area (TPSA) is 3.24 Å². The summed E-state index contributed by atoms with van der Waals surface area (Å²) in [5, 5.41) is 0. The number of anilines is 1. The summed E-state index contributed by atoms with van der Waals surface area (Å²) >= 11 is 0. The first-order valence-electron chi connectivity index (χ1n) is 13.2. The zero-order valence-corrected chi connectivity index (χ0v) is 22.7. The third kappa shape index (κ3) is 4.07. The molecule has 0 N–H and O–H groups in total. The number of fused-ring (bicyclic) bond motifs is 3. The average molecular weight is 472 g/mol. The minimum Gasteiger partial charge on any atom is -0.310 e. The smallest absolute Gasteiger partial charge is 0.0543 e. The Labute approximate surface area is 217 Å². The van der Waals surface area contributed by atoms with Gasteiger partial charge in [0, 0.05) is 16.8 Å². The van der Waals surface area contributed by atoms with Crippen molar-refractivity contribution < 1.29 is 0 Å². The number of benzene rings is 3. The van der Waals surface area contributed by atoms with Gasteiger partial charge in [-0.25, -0.2) is 0 Å².